The maximum absolute atomic E-state index is 13.0. The Morgan fingerprint density at radius 2 is 2.07 bits per heavy atom. The van der Waals surface area contributed by atoms with Gasteiger partial charge >= 0.3 is 0 Å². The van der Waals surface area contributed by atoms with Crippen LogP contribution in [0.3, 0.4) is 0 Å². The van der Waals surface area contributed by atoms with Crippen LogP contribution in [0.2, 0.25) is 0 Å². The van der Waals surface area contributed by atoms with Crippen molar-refractivity contribution in [1.29, 1.82) is 0 Å². The van der Waals surface area contributed by atoms with E-state index in [1.54, 1.807) is 15.3 Å². The number of fused-ring (bicyclic) bond motifs is 2. The molecule has 7 nitrogen and oxygen atoms in total. The molecule has 0 spiro atoms. The number of hydrogen-bond acceptors (Lipinski definition) is 5. The number of aromatic nitrogens is 4. The molecule has 0 radical (unpaired) electrons. The van der Waals surface area contributed by atoms with Gasteiger partial charge in [0.2, 0.25) is 5.95 Å². The number of ether oxygens (including phenoxy) is 1. The zero-order valence-electron chi connectivity index (χ0n) is 15.4. The van der Waals surface area contributed by atoms with Crippen molar-refractivity contribution in [1.82, 2.24) is 19.2 Å². The standard InChI is InChI=1S/C20H23N5O2/c1-13-3-2-4-15(11-13)16-5-8-24-19(26)17-12-21-18(14-6-9-27-10-7-14)25(17)23-20(24)22-16/h2-4,11-12,14,16H,5-10H2,1H3,(H,22,23)/t16-/m1/s1. The lowest BCUT2D eigenvalue weighted by molar-refractivity contribution is 0.0832. The van der Waals surface area contributed by atoms with Crippen LogP contribution in [0, 0.1) is 6.92 Å². The molecule has 27 heavy (non-hydrogen) atoms. The van der Waals surface area contributed by atoms with Crippen LogP contribution in [0.15, 0.2) is 35.3 Å². The average molecular weight is 365 g/mol. The smallest absolute Gasteiger partial charge is 0.280 e. The third-order valence-electron chi connectivity index (χ3n) is 5.65. The number of benzene rings is 1. The topological polar surface area (TPSA) is 73.5 Å². The Morgan fingerprint density at radius 3 is 2.89 bits per heavy atom. The van der Waals surface area contributed by atoms with E-state index < -0.39 is 0 Å². The lowest BCUT2D eigenvalue weighted by Crippen LogP contribution is -2.34. The van der Waals surface area contributed by atoms with Crippen molar-refractivity contribution in [3.8, 4) is 0 Å². The lowest BCUT2D eigenvalue weighted by Gasteiger charge is -2.28. The molecule has 7 heteroatoms. The molecule has 4 heterocycles. The predicted octanol–water partition coefficient (Wildman–Crippen LogP) is 2.65. The van der Waals surface area contributed by atoms with Crippen molar-refractivity contribution in [3.05, 3.63) is 57.8 Å². The molecule has 2 aliphatic heterocycles. The van der Waals surface area contributed by atoms with Crippen molar-refractivity contribution < 1.29 is 4.74 Å². The van der Waals surface area contributed by atoms with Crippen molar-refractivity contribution in [2.75, 3.05) is 18.5 Å². The summed E-state index contributed by atoms with van der Waals surface area (Å²) in [5.74, 6) is 1.78. The Balaban J connectivity index is 1.55. The van der Waals surface area contributed by atoms with Crippen molar-refractivity contribution in [2.24, 2.45) is 0 Å². The average Bonchev–Trinajstić information content (AvgIpc) is 3.12. The van der Waals surface area contributed by atoms with E-state index in [2.05, 4.69) is 41.5 Å². The van der Waals surface area contributed by atoms with Crippen LogP contribution in [-0.2, 0) is 11.3 Å². The fourth-order valence-corrected chi connectivity index (χ4v) is 4.17. The summed E-state index contributed by atoms with van der Waals surface area (Å²) < 4.78 is 8.94. The molecular weight excluding hydrogens is 342 g/mol. The summed E-state index contributed by atoms with van der Waals surface area (Å²) in [6.07, 6.45) is 4.35. The maximum atomic E-state index is 13.0. The quantitative estimate of drug-likeness (QED) is 0.756. The summed E-state index contributed by atoms with van der Waals surface area (Å²) in [5, 5.41) is 8.25. The summed E-state index contributed by atoms with van der Waals surface area (Å²) in [6.45, 7) is 4.22. The highest BCUT2D eigenvalue weighted by molar-refractivity contribution is 5.47. The van der Waals surface area contributed by atoms with Gasteiger partial charge in [-0.15, -0.1) is 5.10 Å². The Morgan fingerprint density at radius 1 is 1.22 bits per heavy atom. The van der Waals surface area contributed by atoms with Crippen molar-refractivity contribution in [2.45, 2.75) is 44.7 Å². The van der Waals surface area contributed by atoms with Gasteiger partial charge in [-0.1, -0.05) is 29.8 Å². The highest BCUT2D eigenvalue weighted by atomic mass is 16.5. The van der Waals surface area contributed by atoms with E-state index in [0.29, 0.717) is 18.0 Å². The van der Waals surface area contributed by atoms with Gasteiger partial charge in [0.1, 0.15) is 5.82 Å². The normalized spacial score (nSPS) is 20.4. The van der Waals surface area contributed by atoms with E-state index in [1.165, 1.54) is 11.1 Å². The molecule has 0 unspecified atom stereocenters. The summed E-state index contributed by atoms with van der Waals surface area (Å²) in [6, 6.07) is 8.64. The van der Waals surface area contributed by atoms with Gasteiger partial charge in [0.25, 0.3) is 5.56 Å². The van der Waals surface area contributed by atoms with Crippen LogP contribution in [0.5, 0.6) is 0 Å². The molecule has 3 aromatic rings. The number of hydrogen-bond donors (Lipinski definition) is 1. The number of anilines is 1. The van der Waals surface area contributed by atoms with Gasteiger partial charge in [-0.05, 0) is 31.7 Å². The predicted molar refractivity (Wildman–Crippen MR) is 102 cm³/mol. The summed E-state index contributed by atoms with van der Waals surface area (Å²) in [4.78, 5) is 17.5. The van der Waals surface area contributed by atoms with Gasteiger partial charge in [-0.25, -0.2) is 9.50 Å². The van der Waals surface area contributed by atoms with Crippen LogP contribution >= 0.6 is 0 Å². The van der Waals surface area contributed by atoms with E-state index in [1.807, 2.05) is 0 Å². The number of rotatable bonds is 2. The van der Waals surface area contributed by atoms with E-state index in [9.17, 15) is 4.79 Å². The second-order valence-electron chi connectivity index (χ2n) is 7.48. The van der Waals surface area contributed by atoms with E-state index >= 15 is 0 Å². The van der Waals surface area contributed by atoms with Crippen LogP contribution in [0.1, 0.15) is 48.2 Å². The molecule has 0 amide bonds. The minimum absolute atomic E-state index is 0.0269. The fourth-order valence-electron chi connectivity index (χ4n) is 4.17. The molecule has 1 saturated heterocycles. The minimum atomic E-state index is -0.0269. The zero-order valence-corrected chi connectivity index (χ0v) is 15.4. The largest absolute Gasteiger partial charge is 0.381 e. The van der Waals surface area contributed by atoms with Gasteiger partial charge in [0, 0.05) is 25.7 Å². The minimum Gasteiger partial charge on any atom is -0.381 e. The molecule has 140 valence electrons. The highest BCUT2D eigenvalue weighted by Crippen LogP contribution is 2.29. The first-order chi connectivity index (χ1) is 13.2. The third kappa shape index (κ3) is 2.82. The van der Waals surface area contributed by atoms with Gasteiger partial charge in [-0.3, -0.25) is 9.36 Å². The molecule has 1 N–H and O–H groups in total. The van der Waals surface area contributed by atoms with Gasteiger partial charge in [-0.2, -0.15) is 0 Å². The highest BCUT2D eigenvalue weighted by Gasteiger charge is 2.26. The molecule has 2 aliphatic rings. The molecule has 0 aliphatic carbocycles. The monoisotopic (exact) mass is 365 g/mol. The van der Waals surface area contributed by atoms with E-state index in [4.69, 9.17) is 9.84 Å². The Hall–Kier alpha value is -2.67. The number of nitrogens with one attached hydrogen (secondary N) is 1. The Bertz CT molecular complexity index is 1050. The molecule has 1 aromatic carbocycles. The number of aryl methyl sites for hydroxylation is 1. The third-order valence-corrected chi connectivity index (χ3v) is 5.65. The van der Waals surface area contributed by atoms with Crippen molar-refractivity contribution in [3.63, 3.8) is 0 Å². The SMILES string of the molecule is Cc1cccc([C@H]2CCn3c(nn4c(C5CCOCC5)ncc4c3=O)N2)c1. The van der Waals surface area contributed by atoms with Gasteiger partial charge < -0.3 is 10.1 Å². The second-order valence-corrected chi connectivity index (χ2v) is 7.48. The number of imidazole rings is 1. The molecule has 1 fully saturated rings. The van der Waals surface area contributed by atoms with Crippen LogP contribution < -0.4 is 10.9 Å². The number of nitrogens with zero attached hydrogens (tertiary/aromatic N) is 4. The van der Waals surface area contributed by atoms with E-state index in [0.717, 1.165) is 38.3 Å². The van der Waals surface area contributed by atoms with Crippen LogP contribution in [-0.4, -0.2) is 32.4 Å². The first-order valence-corrected chi connectivity index (χ1v) is 9.60. The molecule has 5 rings (SSSR count). The van der Waals surface area contributed by atoms with Gasteiger partial charge in [0.15, 0.2) is 5.52 Å². The lowest BCUT2D eigenvalue weighted by atomic mass is 10.00. The molecule has 1 atom stereocenters. The summed E-state index contributed by atoms with van der Waals surface area (Å²) >= 11 is 0. The summed E-state index contributed by atoms with van der Waals surface area (Å²) in [5.41, 5.74) is 2.99. The molecule has 2 aromatic heterocycles. The first-order valence-electron chi connectivity index (χ1n) is 9.60. The van der Waals surface area contributed by atoms with Crippen LogP contribution in [0.25, 0.3) is 5.52 Å². The Kier molecular flexibility index (Phi) is 3.97. The second kappa shape index (κ2) is 6.49. The van der Waals surface area contributed by atoms with Gasteiger partial charge in [0.05, 0.1) is 12.2 Å². The molecular formula is C20H23N5O2. The Labute approximate surface area is 157 Å². The molecule has 0 saturated carbocycles. The van der Waals surface area contributed by atoms with Crippen LogP contribution in [0.4, 0.5) is 5.95 Å². The first kappa shape index (κ1) is 16.5. The maximum Gasteiger partial charge on any atom is 0.280 e. The molecule has 0 bridgehead atoms. The zero-order chi connectivity index (χ0) is 18.4. The van der Waals surface area contributed by atoms with E-state index in [-0.39, 0.29) is 17.5 Å². The summed E-state index contributed by atoms with van der Waals surface area (Å²) in [7, 11) is 0. The fraction of sp³-hybridized carbons (Fsp3) is 0.450. The van der Waals surface area contributed by atoms with Crippen molar-refractivity contribution >= 4 is 11.5 Å².